The first-order valence-electron chi connectivity index (χ1n) is 7.74. The zero-order valence-corrected chi connectivity index (χ0v) is 15.2. The molecule has 0 spiro atoms. The van der Waals surface area contributed by atoms with Crippen LogP contribution < -0.4 is 10.6 Å². The fourth-order valence-electron chi connectivity index (χ4n) is 2.25. The maximum Gasteiger partial charge on any atom is 0.241 e. The van der Waals surface area contributed by atoms with Crippen LogP contribution in [0.25, 0.3) is 0 Å². The van der Waals surface area contributed by atoms with Crippen molar-refractivity contribution in [1.29, 1.82) is 0 Å². The molecule has 2 N–H and O–H groups in total. The van der Waals surface area contributed by atoms with E-state index in [9.17, 15) is 13.2 Å². The molecule has 0 aliphatic carbocycles. The number of nitrogens with one attached hydrogen (secondary N) is 2. The zero-order chi connectivity index (χ0) is 17.5. The first-order valence-corrected chi connectivity index (χ1v) is 9.40. The van der Waals surface area contributed by atoms with Crippen molar-refractivity contribution in [2.24, 2.45) is 4.99 Å². The largest absolute Gasteiger partial charge is 0.383 e. The Bertz CT molecular complexity index is 531. The van der Waals surface area contributed by atoms with Gasteiger partial charge in [-0.2, -0.15) is 0 Å². The minimum atomic E-state index is -3.11. The number of methoxy groups -OCH3 is 1. The van der Waals surface area contributed by atoms with Crippen molar-refractivity contribution in [2.45, 2.75) is 25.5 Å². The Kier molecular flexibility index (Phi) is 7.27. The van der Waals surface area contributed by atoms with Crippen molar-refractivity contribution < 1.29 is 17.9 Å². The molecule has 0 bridgehead atoms. The van der Waals surface area contributed by atoms with Gasteiger partial charge in [0.25, 0.3) is 0 Å². The van der Waals surface area contributed by atoms with E-state index in [4.69, 9.17) is 4.74 Å². The number of guanidine groups is 1. The molecule has 0 aromatic heterocycles. The van der Waals surface area contributed by atoms with Gasteiger partial charge in [0.15, 0.2) is 15.8 Å². The Morgan fingerprint density at radius 1 is 1.35 bits per heavy atom. The van der Waals surface area contributed by atoms with Crippen molar-refractivity contribution in [3.8, 4) is 0 Å². The standard InChI is InChI=1S/C14H28N4O4S/c1-5-15-13(17-10-12(19)16-6-8-22-4)18-7-9-23(20,21)14(2,3)11-18/h5-11H2,1-4H3,(H,15,17)(H,16,19). The Morgan fingerprint density at radius 2 is 2.04 bits per heavy atom. The van der Waals surface area contributed by atoms with Crippen LogP contribution in [0, 0.1) is 0 Å². The average Bonchev–Trinajstić information content (AvgIpc) is 2.47. The van der Waals surface area contributed by atoms with Gasteiger partial charge in [0.2, 0.25) is 5.91 Å². The predicted molar refractivity (Wildman–Crippen MR) is 90.3 cm³/mol. The minimum absolute atomic E-state index is 0.00424. The molecule has 1 fully saturated rings. The molecular weight excluding hydrogens is 320 g/mol. The van der Waals surface area contributed by atoms with Crippen LogP contribution in [0.5, 0.6) is 0 Å². The van der Waals surface area contributed by atoms with Gasteiger partial charge in [0.1, 0.15) is 6.54 Å². The van der Waals surface area contributed by atoms with E-state index in [0.717, 1.165) is 0 Å². The van der Waals surface area contributed by atoms with Crippen molar-refractivity contribution in [3.63, 3.8) is 0 Å². The molecule has 1 amide bonds. The molecule has 23 heavy (non-hydrogen) atoms. The van der Waals surface area contributed by atoms with Gasteiger partial charge in [-0.15, -0.1) is 0 Å². The Balaban J connectivity index is 2.71. The lowest BCUT2D eigenvalue weighted by Crippen LogP contribution is -2.57. The number of amides is 1. The van der Waals surface area contributed by atoms with Crippen molar-refractivity contribution in [3.05, 3.63) is 0 Å². The van der Waals surface area contributed by atoms with Gasteiger partial charge < -0.3 is 20.3 Å². The van der Waals surface area contributed by atoms with Crippen LogP contribution in [0.3, 0.4) is 0 Å². The third kappa shape index (κ3) is 5.65. The lowest BCUT2D eigenvalue weighted by Gasteiger charge is -2.39. The lowest BCUT2D eigenvalue weighted by molar-refractivity contribution is -0.119. The van der Waals surface area contributed by atoms with E-state index in [1.54, 1.807) is 21.0 Å². The fraction of sp³-hybridized carbons (Fsp3) is 0.857. The number of nitrogens with zero attached hydrogens (tertiary/aromatic N) is 2. The van der Waals surface area contributed by atoms with E-state index in [1.165, 1.54) is 0 Å². The summed E-state index contributed by atoms with van der Waals surface area (Å²) in [5.41, 5.74) is 0. The highest BCUT2D eigenvalue weighted by molar-refractivity contribution is 7.92. The smallest absolute Gasteiger partial charge is 0.241 e. The molecule has 1 aliphatic heterocycles. The molecule has 1 heterocycles. The molecule has 0 saturated carbocycles. The predicted octanol–water partition coefficient (Wildman–Crippen LogP) is -0.776. The molecule has 1 aliphatic rings. The number of carbonyl (C=O) groups excluding carboxylic acids is 1. The number of hydrogen-bond donors (Lipinski definition) is 2. The number of rotatable bonds is 6. The minimum Gasteiger partial charge on any atom is -0.383 e. The highest BCUT2D eigenvalue weighted by Crippen LogP contribution is 2.23. The number of ether oxygens (including phenoxy) is 1. The zero-order valence-electron chi connectivity index (χ0n) is 14.4. The molecule has 0 radical (unpaired) electrons. The number of carbonyl (C=O) groups is 1. The first-order chi connectivity index (χ1) is 10.7. The summed E-state index contributed by atoms with van der Waals surface area (Å²) in [7, 11) is -1.54. The highest BCUT2D eigenvalue weighted by Gasteiger charge is 2.40. The van der Waals surface area contributed by atoms with Gasteiger partial charge in [-0.3, -0.25) is 4.79 Å². The molecular formula is C14H28N4O4S. The molecule has 134 valence electrons. The van der Waals surface area contributed by atoms with Crippen molar-refractivity contribution in [1.82, 2.24) is 15.5 Å². The van der Waals surface area contributed by atoms with Crippen LogP contribution in [-0.2, 0) is 19.4 Å². The monoisotopic (exact) mass is 348 g/mol. The van der Waals surface area contributed by atoms with Crippen LogP contribution in [0.2, 0.25) is 0 Å². The second-order valence-electron chi connectivity index (χ2n) is 6.01. The summed E-state index contributed by atoms with van der Waals surface area (Å²) in [6, 6.07) is 0. The Labute approximate surface area is 138 Å². The molecule has 1 saturated heterocycles. The molecule has 0 aromatic rings. The molecule has 8 nitrogen and oxygen atoms in total. The van der Waals surface area contributed by atoms with Gasteiger partial charge in [0.05, 0.1) is 17.1 Å². The summed E-state index contributed by atoms with van der Waals surface area (Å²) >= 11 is 0. The van der Waals surface area contributed by atoms with Gasteiger partial charge in [-0.25, -0.2) is 13.4 Å². The number of aliphatic imine (C=N–C) groups is 1. The second-order valence-corrected chi connectivity index (χ2v) is 8.76. The Hall–Kier alpha value is -1.35. The lowest BCUT2D eigenvalue weighted by atomic mass is 10.2. The van der Waals surface area contributed by atoms with Gasteiger partial charge in [0, 0.05) is 33.3 Å². The average molecular weight is 348 g/mol. The van der Waals surface area contributed by atoms with Crippen LogP contribution in [0.15, 0.2) is 4.99 Å². The summed E-state index contributed by atoms with van der Waals surface area (Å²) in [6.45, 7) is 7.63. The van der Waals surface area contributed by atoms with E-state index in [0.29, 0.717) is 38.7 Å². The van der Waals surface area contributed by atoms with Crippen LogP contribution in [-0.4, -0.2) is 82.1 Å². The van der Waals surface area contributed by atoms with Crippen molar-refractivity contribution >= 4 is 21.7 Å². The van der Waals surface area contributed by atoms with E-state index in [-0.39, 0.29) is 18.2 Å². The summed E-state index contributed by atoms with van der Waals surface area (Å²) in [6.07, 6.45) is 0. The van der Waals surface area contributed by atoms with Gasteiger partial charge >= 0.3 is 0 Å². The third-order valence-electron chi connectivity index (χ3n) is 3.68. The SMILES string of the molecule is CCNC(=NCC(=O)NCCOC)N1CCS(=O)(=O)C(C)(C)C1. The van der Waals surface area contributed by atoms with Gasteiger partial charge in [-0.1, -0.05) is 0 Å². The fourth-order valence-corrected chi connectivity index (χ4v) is 3.61. The van der Waals surface area contributed by atoms with E-state index in [1.807, 2.05) is 11.8 Å². The highest BCUT2D eigenvalue weighted by atomic mass is 32.2. The second kappa shape index (κ2) is 8.49. The van der Waals surface area contributed by atoms with Crippen LogP contribution in [0.4, 0.5) is 0 Å². The summed E-state index contributed by atoms with van der Waals surface area (Å²) < 4.78 is 28.2. The summed E-state index contributed by atoms with van der Waals surface area (Å²) in [4.78, 5) is 17.9. The van der Waals surface area contributed by atoms with E-state index in [2.05, 4.69) is 15.6 Å². The van der Waals surface area contributed by atoms with Crippen LogP contribution in [0.1, 0.15) is 20.8 Å². The summed E-state index contributed by atoms with van der Waals surface area (Å²) in [5, 5.41) is 5.82. The van der Waals surface area contributed by atoms with Crippen LogP contribution >= 0.6 is 0 Å². The maximum absolute atomic E-state index is 12.1. The third-order valence-corrected chi connectivity index (χ3v) is 6.21. The molecule has 0 unspecified atom stereocenters. The first kappa shape index (κ1) is 19.7. The molecule has 1 rings (SSSR count). The topological polar surface area (TPSA) is 100 Å². The normalized spacial score (nSPS) is 20.2. The van der Waals surface area contributed by atoms with E-state index >= 15 is 0 Å². The number of hydrogen-bond acceptors (Lipinski definition) is 5. The molecule has 9 heteroatoms. The van der Waals surface area contributed by atoms with Crippen molar-refractivity contribution in [2.75, 3.05) is 52.2 Å². The molecule has 0 atom stereocenters. The number of sulfone groups is 1. The quantitative estimate of drug-likeness (QED) is 0.371. The van der Waals surface area contributed by atoms with E-state index < -0.39 is 14.6 Å². The van der Waals surface area contributed by atoms with Gasteiger partial charge in [-0.05, 0) is 20.8 Å². The maximum atomic E-state index is 12.1. The Morgan fingerprint density at radius 3 is 2.61 bits per heavy atom. The molecule has 0 aromatic carbocycles. The summed E-state index contributed by atoms with van der Waals surface area (Å²) in [5.74, 6) is 0.462.